The van der Waals surface area contributed by atoms with Gasteiger partial charge in [0.15, 0.2) is 6.61 Å². The smallest absolute Gasteiger partial charge is 0.266 e. The Morgan fingerprint density at radius 2 is 1.78 bits per heavy atom. The van der Waals surface area contributed by atoms with Gasteiger partial charge in [0.25, 0.3) is 11.5 Å². The molecule has 1 amide bonds. The van der Waals surface area contributed by atoms with Gasteiger partial charge in [0.1, 0.15) is 11.6 Å². The number of halogens is 1. The average Bonchev–Trinajstić information content (AvgIpc) is 2.69. The van der Waals surface area contributed by atoms with E-state index in [2.05, 4.69) is 10.4 Å². The maximum atomic E-state index is 12.8. The molecule has 7 heteroatoms. The van der Waals surface area contributed by atoms with Crippen LogP contribution in [0, 0.1) is 5.82 Å². The number of aromatic nitrogens is 2. The van der Waals surface area contributed by atoms with Crippen LogP contribution >= 0.6 is 0 Å². The first-order chi connectivity index (χ1) is 13.1. The van der Waals surface area contributed by atoms with Gasteiger partial charge in [-0.2, -0.15) is 5.10 Å². The first-order valence-electron chi connectivity index (χ1n) is 8.40. The number of benzene rings is 2. The van der Waals surface area contributed by atoms with E-state index in [1.807, 2.05) is 30.3 Å². The molecule has 0 saturated carbocycles. The van der Waals surface area contributed by atoms with E-state index in [1.54, 1.807) is 6.07 Å². The van der Waals surface area contributed by atoms with Crippen molar-refractivity contribution < 1.29 is 13.9 Å². The third kappa shape index (κ3) is 5.24. The van der Waals surface area contributed by atoms with Gasteiger partial charge in [-0.3, -0.25) is 9.59 Å². The quantitative estimate of drug-likeness (QED) is 0.695. The molecular formula is C20H18FN3O3. The second-order valence-corrected chi connectivity index (χ2v) is 5.74. The number of carbonyl (C=O) groups is 1. The van der Waals surface area contributed by atoms with Crippen molar-refractivity contribution in [3.05, 3.63) is 82.9 Å². The Bertz CT molecular complexity index is 956. The predicted octanol–water partition coefficient (Wildman–Crippen LogP) is 2.24. The fourth-order valence-corrected chi connectivity index (χ4v) is 2.40. The van der Waals surface area contributed by atoms with Gasteiger partial charge in [-0.1, -0.05) is 30.3 Å². The molecule has 0 spiro atoms. The Hall–Kier alpha value is -3.48. The lowest BCUT2D eigenvalue weighted by Crippen LogP contribution is -2.34. The molecule has 0 aliphatic heterocycles. The highest BCUT2D eigenvalue weighted by Crippen LogP contribution is 2.14. The molecule has 0 atom stereocenters. The molecule has 3 aromatic rings. The van der Waals surface area contributed by atoms with Gasteiger partial charge in [0.05, 0.1) is 12.2 Å². The first-order valence-corrected chi connectivity index (χ1v) is 8.40. The molecule has 6 nitrogen and oxygen atoms in total. The minimum atomic E-state index is -0.373. The van der Waals surface area contributed by atoms with Crippen molar-refractivity contribution in [1.29, 1.82) is 0 Å². The Kier molecular flexibility index (Phi) is 5.94. The normalized spacial score (nSPS) is 10.4. The monoisotopic (exact) mass is 367 g/mol. The van der Waals surface area contributed by atoms with Crippen molar-refractivity contribution >= 4 is 5.91 Å². The number of nitrogens with zero attached hydrogens (tertiary/aromatic N) is 2. The minimum absolute atomic E-state index is 0.196. The van der Waals surface area contributed by atoms with Gasteiger partial charge in [-0.25, -0.2) is 9.07 Å². The van der Waals surface area contributed by atoms with Crippen LogP contribution in [0.3, 0.4) is 0 Å². The van der Waals surface area contributed by atoms with Gasteiger partial charge in [-0.05, 0) is 30.3 Å². The fourth-order valence-electron chi connectivity index (χ4n) is 2.40. The molecule has 0 aliphatic carbocycles. The van der Waals surface area contributed by atoms with E-state index in [-0.39, 0.29) is 37.0 Å². The van der Waals surface area contributed by atoms with Crippen molar-refractivity contribution in [2.45, 2.75) is 6.54 Å². The highest BCUT2D eigenvalue weighted by atomic mass is 19.1. The summed E-state index contributed by atoms with van der Waals surface area (Å²) in [5, 5.41) is 6.99. The third-order valence-electron chi connectivity index (χ3n) is 3.77. The van der Waals surface area contributed by atoms with Crippen LogP contribution in [0.1, 0.15) is 0 Å². The van der Waals surface area contributed by atoms with Gasteiger partial charge in [-0.15, -0.1) is 0 Å². The van der Waals surface area contributed by atoms with Crippen LogP contribution in [0.25, 0.3) is 11.3 Å². The molecule has 2 aromatic carbocycles. The lowest BCUT2D eigenvalue weighted by atomic mass is 10.1. The summed E-state index contributed by atoms with van der Waals surface area (Å²) < 4.78 is 19.4. The van der Waals surface area contributed by atoms with Crippen molar-refractivity contribution in [1.82, 2.24) is 15.1 Å². The molecule has 3 rings (SSSR count). The minimum Gasteiger partial charge on any atom is -0.484 e. The number of amides is 1. The zero-order chi connectivity index (χ0) is 19.1. The molecule has 1 N–H and O–H groups in total. The van der Waals surface area contributed by atoms with Crippen LogP contribution in [0.15, 0.2) is 71.5 Å². The van der Waals surface area contributed by atoms with Crippen molar-refractivity contribution in [2.75, 3.05) is 13.2 Å². The zero-order valence-electron chi connectivity index (χ0n) is 14.5. The number of ether oxygens (including phenoxy) is 1. The van der Waals surface area contributed by atoms with Gasteiger partial charge >= 0.3 is 0 Å². The van der Waals surface area contributed by atoms with Crippen molar-refractivity contribution in [2.24, 2.45) is 0 Å². The van der Waals surface area contributed by atoms with Crippen LogP contribution < -0.4 is 15.6 Å². The molecule has 0 bridgehead atoms. The van der Waals surface area contributed by atoms with Crippen LogP contribution in [0.2, 0.25) is 0 Å². The summed E-state index contributed by atoms with van der Waals surface area (Å²) >= 11 is 0. The third-order valence-corrected chi connectivity index (χ3v) is 3.77. The topological polar surface area (TPSA) is 73.2 Å². The van der Waals surface area contributed by atoms with Gasteiger partial charge in [0.2, 0.25) is 0 Å². The fraction of sp³-hybridized carbons (Fsp3) is 0.150. The summed E-state index contributed by atoms with van der Waals surface area (Å²) in [5.41, 5.74) is 1.34. The Morgan fingerprint density at radius 1 is 1.04 bits per heavy atom. The molecule has 1 aromatic heterocycles. The molecule has 0 radical (unpaired) electrons. The van der Waals surface area contributed by atoms with Crippen LogP contribution in [0.5, 0.6) is 5.75 Å². The number of carbonyl (C=O) groups excluding carboxylic acids is 1. The van der Waals surface area contributed by atoms with Crippen LogP contribution in [-0.2, 0) is 11.3 Å². The Morgan fingerprint density at radius 3 is 2.52 bits per heavy atom. The highest BCUT2D eigenvalue weighted by molar-refractivity contribution is 5.77. The standard InChI is InChI=1S/C20H18FN3O3/c21-16-6-8-17(9-7-16)27-14-19(25)22-12-13-24-20(26)11-10-18(23-24)15-4-2-1-3-5-15/h1-11H,12-14H2,(H,22,25). The summed E-state index contributed by atoms with van der Waals surface area (Å²) in [6.07, 6.45) is 0. The van der Waals surface area contributed by atoms with E-state index < -0.39 is 0 Å². The summed E-state index contributed by atoms with van der Waals surface area (Å²) in [5.74, 6) is -0.311. The van der Waals surface area contributed by atoms with Gasteiger partial charge in [0, 0.05) is 18.2 Å². The van der Waals surface area contributed by atoms with E-state index in [1.165, 1.54) is 35.0 Å². The van der Waals surface area contributed by atoms with Crippen LogP contribution in [-0.4, -0.2) is 28.8 Å². The van der Waals surface area contributed by atoms with Crippen molar-refractivity contribution in [3.8, 4) is 17.0 Å². The Balaban J connectivity index is 1.51. The highest BCUT2D eigenvalue weighted by Gasteiger charge is 2.05. The van der Waals surface area contributed by atoms with E-state index in [0.717, 1.165) is 5.56 Å². The maximum absolute atomic E-state index is 12.8. The summed E-state index contributed by atoms with van der Waals surface area (Å²) in [6, 6.07) is 18.0. The molecule has 27 heavy (non-hydrogen) atoms. The van der Waals surface area contributed by atoms with E-state index in [4.69, 9.17) is 4.74 Å². The second kappa shape index (κ2) is 8.75. The first kappa shape index (κ1) is 18.3. The molecule has 1 heterocycles. The summed E-state index contributed by atoms with van der Waals surface area (Å²) in [6.45, 7) is 0.274. The molecule has 138 valence electrons. The van der Waals surface area contributed by atoms with Crippen LogP contribution in [0.4, 0.5) is 4.39 Å². The van der Waals surface area contributed by atoms with E-state index in [0.29, 0.717) is 11.4 Å². The summed E-state index contributed by atoms with van der Waals surface area (Å²) in [7, 11) is 0. The van der Waals surface area contributed by atoms with E-state index in [9.17, 15) is 14.0 Å². The van der Waals surface area contributed by atoms with E-state index >= 15 is 0 Å². The number of nitrogens with one attached hydrogen (secondary N) is 1. The maximum Gasteiger partial charge on any atom is 0.266 e. The average molecular weight is 367 g/mol. The summed E-state index contributed by atoms with van der Waals surface area (Å²) in [4.78, 5) is 23.8. The number of hydrogen-bond acceptors (Lipinski definition) is 4. The SMILES string of the molecule is O=C(COc1ccc(F)cc1)NCCn1nc(-c2ccccc2)ccc1=O. The second-order valence-electron chi connectivity index (χ2n) is 5.74. The zero-order valence-corrected chi connectivity index (χ0v) is 14.5. The number of rotatable bonds is 7. The van der Waals surface area contributed by atoms with Gasteiger partial charge < -0.3 is 10.1 Å². The lowest BCUT2D eigenvalue weighted by Gasteiger charge is -2.09. The molecule has 0 saturated heterocycles. The molecule has 0 fully saturated rings. The molecule has 0 aliphatic rings. The lowest BCUT2D eigenvalue weighted by molar-refractivity contribution is -0.123. The van der Waals surface area contributed by atoms with Crippen molar-refractivity contribution in [3.63, 3.8) is 0 Å². The Labute approximate surface area is 155 Å². The largest absolute Gasteiger partial charge is 0.484 e. The predicted molar refractivity (Wildman–Crippen MR) is 98.8 cm³/mol. The molecular weight excluding hydrogens is 349 g/mol. The number of hydrogen-bond donors (Lipinski definition) is 1. The molecule has 0 unspecified atom stereocenters.